The summed E-state index contributed by atoms with van der Waals surface area (Å²) in [5, 5.41) is 0.841. The Labute approximate surface area is 86.7 Å². The fourth-order valence-corrected chi connectivity index (χ4v) is 1.77. The minimum absolute atomic E-state index is 0. The van der Waals surface area contributed by atoms with Crippen LogP contribution in [-0.4, -0.2) is 0 Å². The molecule has 1 rings (SSSR count). The van der Waals surface area contributed by atoms with Gasteiger partial charge in [0.1, 0.15) is 0 Å². The Bertz CT molecular complexity index is 173. The van der Waals surface area contributed by atoms with E-state index in [1.165, 1.54) is 22.5 Å². The van der Waals surface area contributed by atoms with Gasteiger partial charge in [-0.05, 0) is 0 Å². The second-order valence-electron chi connectivity index (χ2n) is 1.63. The summed E-state index contributed by atoms with van der Waals surface area (Å²) in [4.78, 5) is 0. The van der Waals surface area contributed by atoms with Crippen LogP contribution in [0.4, 0.5) is 0 Å². The van der Waals surface area contributed by atoms with Crippen molar-refractivity contribution in [3.63, 3.8) is 0 Å². The van der Waals surface area contributed by atoms with Crippen molar-refractivity contribution in [1.29, 1.82) is 0 Å². The zero-order valence-electron chi connectivity index (χ0n) is 4.77. The van der Waals surface area contributed by atoms with Crippen LogP contribution >= 0.6 is 11.6 Å². The largest absolute Gasteiger partial charge is 1.00 e. The van der Waals surface area contributed by atoms with Crippen molar-refractivity contribution in [3.05, 3.63) is 29.3 Å². The summed E-state index contributed by atoms with van der Waals surface area (Å²) in [6.07, 6.45) is 0. The number of hydrogen-bond donors (Lipinski definition) is 0. The van der Waals surface area contributed by atoms with Crippen LogP contribution in [0.1, 0.15) is 0 Å². The predicted octanol–water partition coefficient (Wildman–Crippen LogP) is -1.48. The second-order valence-corrected chi connectivity index (χ2v) is 3.78. The molecule has 3 heteroatoms. The SMILES string of the molecule is Clc1ccc[c]([Zn+])c1.[I-]. The molecule has 0 saturated carbocycles. The molecular weight excluding hydrogens is 300 g/mol. The standard InChI is InChI=1S/C6H4Cl.HI.Zn/c7-6-4-2-1-3-5-6;;/h1-2,4-5H;1H;/q;;+1/p-1. The van der Waals surface area contributed by atoms with Gasteiger partial charge in [-0.3, -0.25) is 0 Å². The van der Waals surface area contributed by atoms with Crippen molar-refractivity contribution in [3.8, 4) is 0 Å². The van der Waals surface area contributed by atoms with E-state index < -0.39 is 0 Å². The van der Waals surface area contributed by atoms with Gasteiger partial charge in [0.05, 0.1) is 0 Å². The Kier molecular flexibility index (Phi) is 5.09. The summed E-state index contributed by atoms with van der Waals surface area (Å²) < 4.78 is 1.33. The van der Waals surface area contributed by atoms with Crippen LogP contribution in [0.5, 0.6) is 0 Å². The molecule has 0 spiro atoms. The Morgan fingerprint density at radius 3 is 2.33 bits per heavy atom. The topological polar surface area (TPSA) is 0 Å². The zero-order chi connectivity index (χ0) is 5.98. The zero-order valence-corrected chi connectivity index (χ0v) is 10.7. The van der Waals surface area contributed by atoms with Gasteiger partial charge in [-0.2, -0.15) is 0 Å². The molecular formula is C6H4ClIZn. The van der Waals surface area contributed by atoms with E-state index in [2.05, 4.69) is 6.07 Å². The third-order valence-electron chi connectivity index (χ3n) is 0.889. The van der Waals surface area contributed by atoms with Gasteiger partial charge in [0.2, 0.25) is 0 Å². The number of rotatable bonds is 0. The molecule has 0 amide bonds. The van der Waals surface area contributed by atoms with Crippen molar-refractivity contribution in [2.45, 2.75) is 0 Å². The fraction of sp³-hybridized carbons (Fsp3) is 0. The van der Waals surface area contributed by atoms with Gasteiger partial charge in [-0.25, -0.2) is 0 Å². The smallest absolute Gasteiger partial charge is 1.00 e. The molecule has 0 N–H and O–H groups in total. The molecule has 1 aromatic carbocycles. The Morgan fingerprint density at radius 1 is 1.33 bits per heavy atom. The summed E-state index contributed by atoms with van der Waals surface area (Å²) in [5.74, 6) is 0. The first-order chi connectivity index (χ1) is 3.79. The van der Waals surface area contributed by atoms with Crippen molar-refractivity contribution in [2.24, 2.45) is 0 Å². The average molecular weight is 304 g/mol. The quantitative estimate of drug-likeness (QED) is 0.405. The fourth-order valence-electron chi connectivity index (χ4n) is 0.537. The summed E-state index contributed by atoms with van der Waals surface area (Å²) in [5.41, 5.74) is 0. The van der Waals surface area contributed by atoms with Gasteiger partial charge in [0.25, 0.3) is 0 Å². The van der Waals surface area contributed by atoms with E-state index in [0.29, 0.717) is 0 Å². The van der Waals surface area contributed by atoms with Crippen molar-refractivity contribution >= 4 is 15.8 Å². The van der Waals surface area contributed by atoms with E-state index in [1.807, 2.05) is 18.2 Å². The normalized spacial score (nSPS) is 8.33. The van der Waals surface area contributed by atoms with Crippen LogP contribution in [0.15, 0.2) is 24.3 Å². The van der Waals surface area contributed by atoms with Gasteiger partial charge >= 0.3 is 63.3 Å². The van der Waals surface area contributed by atoms with E-state index in [-0.39, 0.29) is 24.0 Å². The molecule has 0 fully saturated rings. The van der Waals surface area contributed by atoms with Gasteiger partial charge < -0.3 is 24.0 Å². The molecule has 0 aliphatic heterocycles. The van der Waals surface area contributed by atoms with Crippen LogP contribution in [0.3, 0.4) is 0 Å². The Hall–Kier alpha value is 0.863. The Balaban J connectivity index is 0.000000640. The third kappa shape index (κ3) is 3.54. The first-order valence-corrected chi connectivity index (χ1v) is 4.23. The molecule has 0 bridgehead atoms. The number of halogens is 2. The first kappa shape index (κ1) is 9.86. The molecule has 0 unspecified atom stereocenters. The van der Waals surface area contributed by atoms with E-state index in [4.69, 9.17) is 11.6 Å². The van der Waals surface area contributed by atoms with Crippen LogP contribution < -0.4 is 28.1 Å². The molecule has 0 aromatic heterocycles. The summed E-state index contributed by atoms with van der Waals surface area (Å²) in [7, 11) is 0. The molecule has 9 heavy (non-hydrogen) atoms. The average Bonchev–Trinajstić information content (AvgIpc) is 1.64. The minimum atomic E-state index is 0. The Morgan fingerprint density at radius 2 is 2.00 bits per heavy atom. The summed E-state index contributed by atoms with van der Waals surface area (Å²) in [6, 6.07) is 7.93. The van der Waals surface area contributed by atoms with E-state index in [9.17, 15) is 0 Å². The molecule has 44 valence electrons. The van der Waals surface area contributed by atoms with Crippen molar-refractivity contribution in [2.75, 3.05) is 0 Å². The van der Waals surface area contributed by atoms with Gasteiger partial charge in [0, 0.05) is 0 Å². The van der Waals surface area contributed by atoms with E-state index >= 15 is 0 Å². The molecule has 0 aliphatic rings. The van der Waals surface area contributed by atoms with Gasteiger partial charge in [0.15, 0.2) is 0 Å². The van der Waals surface area contributed by atoms with Crippen LogP contribution in [-0.2, 0) is 18.3 Å². The second kappa shape index (κ2) is 4.64. The minimum Gasteiger partial charge on any atom is -1.00 e. The third-order valence-corrected chi connectivity index (χ3v) is 2.05. The molecule has 1 aromatic rings. The predicted molar refractivity (Wildman–Crippen MR) is 31.1 cm³/mol. The van der Waals surface area contributed by atoms with E-state index in [0.717, 1.165) is 5.02 Å². The molecule has 0 saturated heterocycles. The van der Waals surface area contributed by atoms with Crippen molar-refractivity contribution < 1.29 is 42.3 Å². The molecule has 0 heterocycles. The van der Waals surface area contributed by atoms with Gasteiger partial charge in [-0.1, -0.05) is 0 Å². The summed E-state index contributed by atoms with van der Waals surface area (Å²) >= 11 is 6.85. The molecule has 0 aliphatic carbocycles. The van der Waals surface area contributed by atoms with Crippen molar-refractivity contribution in [1.82, 2.24) is 0 Å². The van der Waals surface area contributed by atoms with Crippen LogP contribution in [0, 0.1) is 0 Å². The number of hydrogen-bond acceptors (Lipinski definition) is 0. The first-order valence-electron chi connectivity index (χ1n) is 2.36. The summed E-state index contributed by atoms with van der Waals surface area (Å²) in [6.45, 7) is 0. The maximum absolute atomic E-state index is 5.66. The van der Waals surface area contributed by atoms with Crippen LogP contribution in [0.2, 0.25) is 5.02 Å². The number of benzene rings is 1. The van der Waals surface area contributed by atoms with Gasteiger partial charge in [-0.15, -0.1) is 0 Å². The maximum atomic E-state index is 5.66. The maximum Gasteiger partial charge on any atom is -1.00 e. The molecule has 0 nitrogen and oxygen atoms in total. The molecule has 0 atom stereocenters. The molecule has 0 radical (unpaired) electrons. The van der Waals surface area contributed by atoms with Crippen LogP contribution in [0.25, 0.3) is 0 Å². The van der Waals surface area contributed by atoms with E-state index in [1.54, 1.807) is 0 Å². The monoisotopic (exact) mass is 302 g/mol.